The van der Waals surface area contributed by atoms with Crippen LogP contribution in [0.25, 0.3) is 10.2 Å². The van der Waals surface area contributed by atoms with Gasteiger partial charge < -0.3 is 4.98 Å². The van der Waals surface area contributed by atoms with Gasteiger partial charge in [0.25, 0.3) is 5.56 Å². The number of aromatic nitrogens is 2. The van der Waals surface area contributed by atoms with Crippen molar-refractivity contribution in [3.05, 3.63) is 62.5 Å². The number of hydrogen-bond acceptors (Lipinski definition) is 5. The minimum atomic E-state index is -0.325. The number of benzene rings is 1. The first-order valence-corrected chi connectivity index (χ1v) is 9.13. The van der Waals surface area contributed by atoms with E-state index in [0.29, 0.717) is 16.0 Å². The van der Waals surface area contributed by atoms with E-state index in [-0.39, 0.29) is 23.8 Å². The van der Waals surface area contributed by atoms with Crippen molar-refractivity contribution in [3.63, 3.8) is 0 Å². The standard InChI is InChI=1S/C19H20N4O2S/c1-11(14-7-5-4-6-8-14)10-20-23-16(24)9-15-21-18(25)17-12(2)13(3)26-19(17)22-15/h4-8,10-11H,9H2,1-3H3,(H,23,24)(H,21,22,25)/b20-10-/t11-/m0/s1. The molecule has 1 atom stereocenters. The molecule has 3 rings (SSSR count). The molecule has 6 nitrogen and oxygen atoms in total. The number of amides is 1. The quantitative estimate of drug-likeness (QED) is 0.536. The number of carbonyl (C=O) groups is 1. The first-order chi connectivity index (χ1) is 12.5. The van der Waals surface area contributed by atoms with Crippen molar-refractivity contribution in [3.8, 4) is 0 Å². The van der Waals surface area contributed by atoms with Crippen LogP contribution in [0.1, 0.15) is 34.7 Å². The third kappa shape index (κ3) is 3.88. The molecule has 2 aromatic heterocycles. The minimum Gasteiger partial charge on any atom is -0.309 e. The van der Waals surface area contributed by atoms with E-state index in [1.807, 2.05) is 51.1 Å². The summed E-state index contributed by atoms with van der Waals surface area (Å²) in [6, 6.07) is 9.89. The lowest BCUT2D eigenvalue weighted by Gasteiger charge is -2.05. The number of nitrogens with one attached hydrogen (secondary N) is 2. The maximum absolute atomic E-state index is 12.2. The van der Waals surface area contributed by atoms with Gasteiger partial charge in [-0.25, -0.2) is 10.4 Å². The fourth-order valence-corrected chi connectivity index (χ4v) is 3.69. The number of rotatable bonds is 5. The van der Waals surface area contributed by atoms with Gasteiger partial charge >= 0.3 is 0 Å². The maximum Gasteiger partial charge on any atom is 0.259 e. The fourth-order valence-electron chi connectivity index (χ4n) is 2.64. The van der Waals surface area contributed by atoms with Crippen LogP contribution in [0.15, 0.2) is 40.2 Å². The molecule has 3 aromatic rings. The molecule has 0 radical (unpaired) electrons. The van der Waals surface area contributed by atoms with Gasteiger partial charge in [-0.3, -0.25) is 9.59 Å². The van der Waals surface area contributed by atoms with Crippen molar-refractivity contribution in [1.82, 2.24) is 15.4 Å². The van der Waals surface area contributed by atoms with Crippen LogP contribution in [-0.2, 0) is 11.2 Å². The number of hydrazone groups is 1. The number of nitrogens with zero attached hydrogens (tertiary/aromatic N) is 2. The Morgan fingerprint density at radius 1 is 1.35 bits per heavy atom. The van der Waals surface area contributed by atoms with Gasteiger partial charge in [0.1, 0.15) is 10.7 Å². The van der Waals surface area contributed by atoms with Crippen molar-refractivity contribution >= 4 is 33.7 Å². The van der Waals surface area contributed by atoms with Crippen LogP contribution in [0.4, 0.5) is 0 Å². The molecule has 1 amide bonds. The predicted octanol–water partition coefficient (Wildman–Crippen LogP) is 3.05. The predicted molar refractivity (Wildman–Crippen MR) is 105 cm³/mol. The summed E-state index contributed by atoms with van der Waals surface area (Å²) >= 11 is 1.46. The summed E-state index contributed by atoms with van der Waals surface area (Å²) in [7, 11) is 0. The van der Waals surface area contributed by atoms with Crippen molar-refractivity contribution in [2.45, 2.75) is 33.1 Å². The smallest absolute Gasteiger partial charge is 0.259 e. The van der Waals surface area contributed by atoms with Crippen molar-refractivity contribution in [2.24, 2.45) is 5.10 Å². The molecule has 0 aliphatic heterocycles. The lowest BCUT2D eigenvalue weighted by Crippen LogP contribution is -2.23. The Hall–Kier alpha value is -2.80. The Morgan fingerprint density at radius 3 is 2.81 bits per heavy atom. The van der Waals surface area contributed by atoms with Crippen molar-refractivity contribution in [1.29, 1.82) is 0 Å². The van der Waals surface area contributed by atoms with E-state index in [1.165, 1.54) is 11.3 Å². The zero-order valence-electron chi connectivity index (χ0n) is 14.9. The van der Waals surface area contributed by atoms with Gasteiger partial charge in [-0.1, -0.05) is 37.3 Å². The largest absolute Gasteiger partial charge is 0.309 e. The van der Waals surface area contributed by atoms with Crippen LogP contribution in [0.5, 0.6) is 0 Å². The molecule has 1 aromatic carbocycles. The monoisotopic (exact) mass is 368 g/mol. The topological polar surface area (TPSA) is 87.2 Å². The van der Waals surface area contributed by atoms with Crippen LogP contribution >= 0.6 is 11.3 Å². The average molecular weight is 368 g/mol. The number of H-pyrrole nitrogens is 1. The van der Waals surface area contributed by atoms with Crippen LogP contribution in [0.3, 0.4) is 0 Å². The summed E-state index contributed by atoms with van der Waals surface area (Å²) in [5, 5.41) is 4.61. The zero-order chi connectivity index (χ0) is 18.7. The Morgan fingerprint density at radius 2 is 2.08 bits per heavy atom. The molecule has 0 fully saturated rings. The number of aryl methyl sites for hydroxylation is 2. The minimum absolute atomic E-state index is 0.0295. The number of carbonyl (C=O) groups excluding carboxylic acids is 1. The maximum atomic E-state index is 12.2. The Kier molecular flexibility index (Phi) is 5.27. The molecular weight excluding hydrogens is 348 g/mol. The summed E-state index contributed by atoms with van der Waals surface area (Å²) in [4.78, 5) is 33.1. The van der Waals surface area contributed by atoms with Crippen LogP contribution < -0.4 is 11.0 Å². The number of thiophene rings is 1. The molecule has 0 spiro atoms. The molecule has 0 aliphatic carbocycles. The van der Waals surface area contributed by atoms with Crippen LogP contribution in [-0.4, -0.2) is 22.1 Å². The van der Waals surface area contributed by atoms with Crippen molar-refractivity contribution in [2.75, 3.05) is 0 Å². The molecule has 2 heterocycles. The first kappa shape index (κ1) is 18.0. The van der Waals surface area contributed by atoms with Crippen molar-refractivity contribution < 1.29 is 4.79 Å². The van der Waals surface area contributed by atoms with Gasteiger partial charge in [0, 0.05) is 17.0 Å². The SMILES string of the molecule is Cc1sc2nc(CC(=O)N/N=C\[C@H](C)c3ccccc3)[nH]c(=O)c2c1C. The molecule has 0 aliphatic rings. The van der Waals surface area contributed by atoms with E-state index in [1.54, 1.807) is 6.21 Å². The van der Waals surface area contributed by atoms with Crippen LogP contribution in [0, 0.1) is 13.8 Å². The molecule has 7 heteroatoms. The molecule has 0 bridgehead atoms. The van der Waals surface area contributed by atoms with Crippen LogP contribution in [0.2, 0.25) is 0 Å². The highest BCUT2D eigenvalue weighted by Crippen LogP contribution is 2.25. The number of hydrogen-bond donors (Lipinski definition) is 2. The van der Waals surface area contributed by atoms with Gasteiger partial charge in [0.05, 0.1) is 11.8 Å². The molecule has 0 saturated carbocycles. The molecule has 0 saturated heterocycles. The highest BCUT2D eigenvalue weighted by Gasteiger charge is 2.13. The Labute approximate surface area is 155 Å². The van der Waals surface area contributed by atoms with E-state index >= 15 is 0 Å². The van der Waals surface area contributed by atoms with Gasteiger partial charge in [0.2, 0.25) is 5.91 Å². The van der Waals surface area contributed by atoms with E-state index < -0.39 is 0 Å². The lowest BCUT2D eigenvalue weighted by atomic mass is 10.0. The summed E-state index contributed by atoms with van der Waals surface area (Å²) in [5.74, 6) is 0.101. The van der Waals surface area contributed by atoms with E-state index in [4.69, 9.17) is 0 Å². The first-order valence-electron chi connectivity index (χ1n) is 8.31. The zero-order valence-corrected chi connectivity index (χ0v) is 15.7. The van der Waals surface area contributed by atoms with E-state index in [0.717, 1.165) is 16.0 Å². The number of fused-ring (bicyclic) bond motifs is 1. The van der Waals surface area contributed by atoms with Gasteiger partial charge in [-0.2, -0.15) is 5.10 Å². The Balaban J connectivity index is 1.66. The van der Waals surface area contributed by atoms with Gasteiger partial charge in [-0.05, 0) is 25.0 Å². The van der Waals surface area contributed by atoms with E-state index in [9.17, 15) is 9.59 Å². The summed E-state index contributed by atoms with van der Waals surface area (Å²) in [6.45, 7) is 5.86. The van der Waals surface area contributed by atoms with E-state index in [2.05, 4.69) is 20.5 Å². The highest BCUT2D eigenvalue weighted by molar-refractivity contribution is 7.18. The number of aromatic amines is 1. The molecule has 26 heavy (non-hydrogen) atoms. The molecular formula is C19H20N4O2S. The normalized spacial score (nSPS) is 12.6. The average Bonchev–Trinajstić information content (AvgIpc) is 2.90. The van der Waals surface area contributed by atoms with Gasteiger partial charge in [-0.15, -0.1) is 11.3 Å². The Bertz CT molecular complexity index is 1020. The van der Waals surface area contributed by atoms with Gasteiger partial charge in [0.15, 0.2) is 0 Å². The third-order valence-electron chi connectivity index (χ3n) is 4.23. The lowest BCUT2D eigenvalue weighted by molar-refractivity contribution is -0.120. The molecule has 2 N–H and O–H groups in total. The summed E-state index contributed by atoms with van der Waals surface area (Å²) in [6.07, 6.45) is 1.65. The second-order valence-electron chi connectivity index (χ2n) is 6.17. The molecule has 134 valence electrons. The fraction of sp³-hybridized carbons (Fsp3) is 0.263. The highest BCUT2D eigenvalue weighted by atomic mass is 32.1. The second kappa shape index (κ2) is 7.61. The second-order valence-corrected chi connectivity index (χ2v) is 7.37. The summed E-state index contributed by atoms with van der Waals surface area (Å²) < 4.78 is 0. The molecule has 0 unspecified atom stereocenters. The summed E-state index contributed by atoms with van der Waals surface area (Å²) in [5.41, 5.74) is 4.34. The third-order valence-corrected chi connectivity index (χ3v) is 5.33.